The number of hydrogen-bond donors (Lipinski definition) is 2. The van der Waals surface area contributed by atoms with Gasteiger partial charge in [-0.2, -0.15) is 0 Å². The smallest absolute Gasteiger partial charge is 0.0491 e. The molecule has 40 heavy (non-hydrogen) atoms. The Bertz CT molecular complexity index is 1680. The minimum Gasteiger partial charge on any atom is -0.398 e. The van der Waals surface area contributed by atoms with Crippen LogP contribution in [0.15, 0.2) is 134 Å². The van der Waals surface area contributed by atoms with Gasteiger partial charge in [-0.1, -0.05) is 115 Å². The molecule has 0 radical (unpaired) electrons. The van der Waals surface area contributed by atoms with E-state index in [1.54, 1.807) is 6.20 Å². The van der Waals surface area contributed by atoms with E-state index in [0.717, 1.165) is 39.1 Å². The normalized spacial score (nSPS) is 12.8. The van der Waals surface area contributed by atoms with Gasteiger partial charge in [-0.3, -0.25) is 4.98 Å². The number of benzene rings is 4. The fraction of sp³-hybridized carbons (Fsp3) is 0.108. The number of nitrogens with zero attached hydrogens (tertiary/aromatic N) is 1. The fourth-order valence-corrected chi connectivity index (χ4v) is 4.92. The van der Waals surface area contributed by atoms with Gasteiger partial charge < -0.3 is 11.1 Å². The van der Waals surface area contributed by atoms with Gasteiger partial charge in [-0.25, -0.2) is 0 Å². The van der Waals surface area contributed by atoms with E-state index in [9.17, 15) is 0 Å². The van der Waals surface area contributed by atoms with Gasteiger partial charge in [0.1, 0.15) is 0 Å². The molecule has 0 aliphatic carbocycles. The van der Waals surface area contributed by atoms with Crippen LogP contribution >= 0.6 is 0 Å². The molecule has 3 heteroatoms. The Kier molecular flexibility index (Phi) is 8.34. The Labute approximate surface area is 237 Å². The number of rotatable bonds is 9. The van der Waals surface area contributed by atoms with Crippen LogP contribution in [0.4, 0.5) is 0 Å². The summed E-state index contributed by atoms with van der Waals surface area (Å²) in [5.41, 5.74) is 16.5. The lowest BCUT2D eigenvalue weighted by molar-refractivity contribution is 0.654. The van der Waals surface area contributed by atoms with Crippen LogP contribution in [-0.2, 0) is 6.54 Å². The SMILES string of the molecule is C=C(C)c1ccccc1/C=C(\C)C(/C=C(\N)c1ccc2ccccc2c1)NCc1ccc(-c2cccnc2)cc1. The maximum Gasteiger partial charge on any atom is 0.0491 e. The maximum atomic E-state index is 6.72. The highest BCUT2D eigenvalue weighted by molar-refractivity contribution is 5.86. The van der Waals surface area contributed by atoms with Crippen LogP contribution in [0.2, 0.25) is 0 Å². The average Bonchev–Trinajstić information content (AvgIpc) is 2.99. The standard InChI is InChI=1S/C37H35N3/c1-26(2)35-13-7-6-11-32(35)21-27(3)37(23-36(38)33-19-18-29-9-4-5-10-31(29)22-33)40-24-28-14-16-30(17-15-28)34-12-8-20-39-25-34/h4-23,25,37,40H,1,24,38H2,2-3H3/b27-21+,36-23-. The van der Waals surface area contributed by atoms with E-state index in [0.29, 0.717) is 6.54 Å². The Morgan fingerprint density at radius 2 is 1.60 bits per heavy atom. The van der Waals surface area contributed by atoms with Crippen LogP contribution in [0, 0.1) is 0 Å². The summed E-state index contributed by atoms with van der Waals surface area (Å²) in [6.07, 6.45) is 8.05. The first-order valence-electron chi connectivity index (χ1n) is 13.6. The molecule has 0 amide bonds. The molecule has 1 unspecified atom stereocenters. The second kappa shape index (κ2) is 12.4. The average molecular weight is 522 g/mol. The monoisotopic (exact) mass is 521 g/mol. The van der Waals surface area contributed by atoms with Gasteiger partial charge >= 0.3 is 0 Å². The van der Waals surface area contributed by atoms with Crippen molar-refractivity contribution in [3.8, 4) is 11.1 Å². The number of nitrogens with one attached hydrogen (secondary N) is 1. The zero-order chi connectivity index (χ0) is 27.9. The zero-order valence-electron chi connectivity index (χ0n) is 23.1. The van der Waals surface area contributed by atoms with Crippen LogP contribution < -0.4 is 11.1 Å². The van der Waals surface area contributed by atoms with E-state index in [-0.39, 0.29) is 6.04 Å². The van der Waals surface area contributed by atoms with Crippen molar-refractivity contribution >= 4 is 28.1 Å². The second-order valence-corrected chi connectivity index (χ2v) is 10.2. The number of fused-ring (bicyclic) bond motifs is 1. The molecular formula is C37H35N3. The highest BCUT2D eigenvalue weighted by atomic mass is 14.9. The Morgan fingerprint density at radius 1 is 0.850 bits per heavy atom. The molecule has 0 aliphatic rings. The highest BCUT2D eigenvalue weighted by Gasteiger charge is 2.12. The van der Waals surface area contributed by atoms with E-state index in [4.69, 9.17) is 5.73 Å². The van der Waals surface area contributed by atoms with E-state index < -0.39 is 0 Å². The van der Waals surface area contributed by atoms with Crippen LogP contribution in [0.5, 0.6) is 0 Å². The van der Waals surface area contributed by atoms with Gasteiger partial charge in [0.25, 0.3) is 0 Å². The van der Waals surface area contributed by atoms with Crippen molar-refractivity contribution in [3.63, 3.8) is 0 Å². The van der Waals surface area contributed by atoms with Crippen LogP contribution in [0.25, 0.3) is 39.2 Å². The third-order valence-corrected chi connectivity index (χ3v) is 7.20. The van der Waals surface area contributed by atoms with Gasteiger partial charge in [0, 0.05) is 30.7 Å². The molecule has 0 aliphatic heterocycles. The van der Waals surface area contributed by atoms with Crippen molar-refractivity contribution in [2.45, 2.75) is 26.4 Å². The van der Waals surface area contributed by atoms with Crippen molar-refractivity contribution in [2.75, 3.05) is 0 Å². The molecule has 3 N–H and O–H groups in total. The minimum absolute atomic E-state index is 0.0670. The summed E-state index contributed by atoms with van der Waals surface area (Å²) < 4.78 is 0. The molecule has 198 valence electrons. The molecule has 5 aromatic rings. The molecule has 0 saturated carbocycles. The molecule has 5 rings (SSSR count). The van der Waals surface area contributed by atoms with Crippen LogP contribution in [0.3, 0.4) is 0 Å². The van der Waals surface area contributed by atoms with Crippen molar-refractivity contribution in [1.29, 1.82) is 0 Å². The number of allylic oxidation sites excluding steroid dienone is 1. The summed E-state index contributed by atoms with van der Waals surface area (Å²) in [6, 6.07) is 35.7. The molecule has 3 nitrogen and oxygen atoms in total. The van der Waals surface area contributed by atoms with Gasteiger partial charge in [0.2, 0.25) is 0 Å². The van der Waals surface area contributed by atoms with Crippen molar-refractivity contribution in [3.05, 3.63) is 156 Å². The highest BCUT2D eigenvalue weighted by Crippen LogP contribution is 2.24. The first-order valence-corrected chi connectivity index (χ1v) is 13.6. The third kappa shape index (κ3) is 6.45. The van der Waals surface area contributed by atoms with E-state index in [1.807, 2.05) is 19.2 Å². The van der Waals surface area contributed by atoms with Crippen molar-refractivity contribution in [1.82, 2.24) is 10.3 Å². The molecule has 1 atom stereocenters. The molecule has 0 spiro atoms. The van der Waals surface area contributed by atoms with Crippen LogP contribution in [0.1, 0.15) is 36.1 Å². The fourth-order valence-electron chi connectivity index (χ4n) is 4.92. The maximum absolute atomic E-state index is 6.72. The Hall–Kier alpha value is -4.73. The van der Waals surface area contributed by atoms with Gasteiger partial charge in [-0.15, -0.1) is 0 Å². The molecular weight excluding hydrogens is 486 g/mol. The van der Waals surface area contributed by atoms with E-state index in [2.05, 4.69) is 133 Å². The summed E-state index contributed by atoms with van der Waals surface area (Å²) in [7, 11) is 0. The first-order chi connectivity index (χ1) is 19.5. The summed E-state index contributed by atoms with van der Waals surface area (Å²) in [4.78, 5) is 4.24. The summed E-state index contributed by atoms with van der Waals surface area (Å²) in [6.45, 7) is 9.08. The van der Waals surface area contributed by atoms with Crippen LogP contribution in [-0.4, -0.2) is 11.0 Å². The second-order valence-electron chi connectivity index (χ2n) is 10.2. The molecule has 0 saturated heterocycles. The quantitative estimate of drug-likeness (QED) is 0.204. The molecule has 0 bridgehead atoms. The Balaban J connectivity index is 1.44. The molecule has 4 aromatic carbocycles. The predicted molar refractivity (Wildman–Crippen MR) is 171 cm³/mol. The topological polar surface area (TPSA) is 50.9 Å². The number of pyridine rings is 1. The van der Waals surface area contributed by atoms with Gasteiger partial charge in [-0.05, 0) is 76.2 Å². The van der Waals surface area contributed by atoms with Gasteiger partial charge in [0.05, 0.1) is 0 Å². The lowest BCUT2D eigenvalue weighted by Crippen LogP contribution is -2.28. The summed E-state index contributed by atoms with van der Waals surface area (Å²) >= 11 is 0. The van der Waals surface area contributed by atoms with E-state index in [1.165, 1.54) is 21.9 Å². The first kappa shape index (κ1) is 26.9. The molecule has 1 heterocycles. The lowest BCUT2D eigenvalue weighted by atomic mass is 9.96. The van der Waals surface area contributed by atoms with Crippen molar-refractivity contribution in [2.24, 2.45) is 5.73 Å². The van der Waals surface area contributed by atoms with Crippen molar-refractivity contribution < 1.29 is 0 Å². The molecule has 0 fully saturated rings. The minimum atomic E-state index is -0.0670. The predicted octanol–water partition coefficient (Wildman–Crippen LogP) is 8.50. The van der Waals surface area contributed by atoms with E-state index >= 15 is 0 Å². The summed E-state index contributed by atoms with van der Waals surface area (Å²) in [5.74, 6) is 0. The third-order valence-electron chi connectivity index (χ3n) is 7.20. The number of aromatic nitrogens is 1. The summed E-state index contributed by atoms with van der Waals surface area (Å²) in [5, 5.41) is 6.12. The number of nitrogens with two attached hydrogens (primary N) is 1. The number of hydrogen-bond acceptors (Lipinski definition) is 3. The largest absolute Gasteiger partial charge is 0.398 e. The van der Waals surface area contributed by atoms with Gasteiger partial charge in [0.15, 0.2) is 0 Å². The Morgan fingerprint density at radius 3 is 2.35 bits per heavy atom. The zero-order valence-corrected chi connectivity index (χ0v) is 23.1. The lowest BCUT2D eigenvalue weighted by Gasteiger charge is -2.19. The molecule has 1 aromatic heterocycles.